The average Bonchev–Trinajstić information content (AvgIpc) is 2.82. The number of aliphatic imine (C=N–C) groups is 1. The SMILES string of the molecule is COc1ccc(CN(Cc2ccc(OC)cc2)C(=Nc2cccc(C(F)(F)F)c2)SC)cc1. The summed E-state index contributed by atoms with van der Waals surface area (Å²) >= 11 is 1.39. The monoisotopic (exact) mass is 474 g/mol. The van der Waals surface area contributed by atoms with Crippen LogP contribution in [-0.2, 0) is 19.3 Å². The Balaban J connectivity index is 1.94. The molecule has 174 valence electrons. The maximum Gasteiger partial charge on any atom is 0.416 e. The molecule has 0 aliphatic carbocycles. The Labute approximate surface area is 196 Å². The van der Waals surface area contributed by atoms with E-state index in [9.17, 15) is 13.2 Å². The maximum atomic E-state index is 13.2. The first-order valence-electron chi connectivity index (χ1n) is 10.1. The number of hydrogen-bond donors (Lipinski definition) is 0. The van der Waals surface area contributed by atoms with Gasteiger partial charge in [-0.05, 0) is 59.8 Å². The molecule has 0 atom stereocenters. The Hall–Kier alpha value is -3.13. The number of rotatable bonds is 7. The van der Waals surface area contributed by atoms with Gasteiger partial charge in [0.1, 0.15) is 11.5 Å². The van der Waals surface area contributed by atoms with Crippen LogP contribution in [0.5, 0.6) is 11.5 Å². The summed E-state index contributed by atoms with van der Waals surface area (Å²) in [7, 11) is 3.22. The molecule has 3 aromatic carbocycles. The molecule has 0 radical (unpaired) electrons. The molecule has 0 fully saturated rings. The minimum atomic E-state index is -4.42. The smallest absolute Gasteiger partial charge is 0.416 e. The Bertz CT molecular complexity index is 1020. The van der Waals surface area contributed by atoms with Crippen molar-refractivity contribution in [2.24, 2.45) is 4.99 Å². The van der Waals surface area contributed by atoms with Crippen molar-refractivity contribution in [1.82, 2.24) is 4.90 Å². The van der Waals surface area contributed by atoms with Gasteiger partial charge in [-0.25, -0.2) is 4.99 Å². The summed E-state index contributed by atoms with van der Waals surface area (Å²) in [5.74, 6) is 1.51. The Morgan fingerprint density at radius 3 is 1.79 bits per heavy atom. The third kappa shape index (κ3) is 6.92. The summed E-state index contributed by atoms with van der Waals surface area (Å²) < 4.78 is 49.9. The fraction of sp³-hybridized carbons (Fsp3) is 0.240. The van der Waals surface area contributed by atoms with Crippen LogP contribution in [0, 0.1) is 0 Å². The molecule has 0 unspecified atom stereocenters. The van der Waals surface area contributed by atoms with Crippen molar-refractivity contribution >= 4 is 22.6 Å². The molecule has 0 aliphatic heterocycles. The van der Waals surface area contributed by atoms with E-state index >= 15 is 0 Å². The van der Waals surface area contributed by atoms with E-state index < -0.39 is 11.7 Å². The number of nitrogens with zero attached hydrogens (tertiary/aromatic N) is 2. The van der Waals surface area contributed by atoms with Crippen molar-refractivity contribution in [3.8, 4) is 11.5 Å². The van der Waals surface area contributed by atoms with E-state index in [-0.39, 0.29) is 5.69 Å². The predicted octanol–water partition coefficient (Wildman–Crippen LogP) is 6.78. The van der Waals surface area contributed by atoms with E-state index in [4.69, 9.17) is 9.47 Å². The van der Waals surface area contributed by atoms with Crippen LogP contribution in [0.15, 0.2) is 77.8 Å². The van der Waals surface area contributed by atoms with Crippen LogP contribution in [0.1, 0.15) is 16.7 Å². The number of benzene rings is 3. The lowest BCUT2D eigenvalue weighted by atomic mass is 10.1. The van der Waals surface area contributed by atoms with Gasteiger partial charge in [0.15, 0.2) is 5.17 Å². The molecule has 3 aromatic rings. The van der Waals surface area contributed by atoms with E-state index in [1.807, 2.05) is 59.7 Å². The first-order valence-corrected chi connectivity index (χ1v) is 11.4. The van der Waals surface area contributed by atoms with Gasteiger partial charge in [-0.3, -0.25) is 0 Å². The number of ether oxygens (including phenoxy) is 2. The summed E-state index contributed by atoms with van der Waals surface area (Å²) in [4.78, 5) is 6.60. The average molecular weight is 475 g/mol. The fourth-order valence-corrected chi connectivity index (χ4v) is 3.79. The van der Waals surface area contributed by atoms with Crippen molar-refractivity contribution in [2.45, 2.75) is 19.3 Å². The third-order valence-electron chi connectivity index (χ3n) is 4.92. The van der Waals surface area contributed by atoms with Crippen LogP contribution < -0.4 is 9.47 Å². The zero-order valence-electron chi connectivity index (χ0n) is 18.6. The van der Waals surface area contributed by atoms with Crippen LogP contribution in [0.2, 0.25) is 0 Å². The molecule has 0 saturated heterocycles. The van der Waals surface area contributed by atoms with Gasteiger partial charge >= 0.3 is 6.18 Å². The molecule has 0 saturated carbocycles. The van der Waals surface area contributed by atoms with Crippen molar-refractivity contribution < 1.29 is 22.6 Å². The Morgan fingerprint density at radius 2 is 1.36 bits per heavy atom. The molecule has 4 nitrogen and oxygen atoms in total. The Morgan fingerprint density at radius 1 is 0.848 bits per heavy atom. The molecule has 0 spiro atoms. The summed E-state index contributed by atoms with van der Waals surface area (Å²) in [6.07, 6.45) is -2.56. The lowest BCUT2D eigenvalue weighted by Crippen LogP contribution is -2.27. The van der Waals surface area contributed by atoms with Crippen LogP contribution >= 0.6 is 11.8 Å². The second-order valence-electron chi connectivity index (χ2n) is 7.20. The summed E-state index contributed by atoms with van der Waals surface area (Å²) in [6.45, 7) is 1.04. The molecule has 0 N–H and O–H groups in total. The molecule has 0 amide bonds. The molecular weight excluding hydrogens is 449 g/mol. The highest BCUT2D eigenvalue weighted by atomic mass is 32.2. The van der Waals surface area contributed by atoms with E-state index in [2.05, 4.69) is 4.99 Å². The van der Waals surface area contributed by atoms with Crippen LogP contribution in [-0.4, -0.2) is 30.5 Å². The van der Waals surface area contributed by atoms with Gasteiger partial charge in [0.25, 0.3) is 0 Å². The second kappa shape index (κ2) is 11.1. The van der Waals surface area contributed by atoms with Crippen molar-refractivity contribution in [2.75, 3.05) is 20.5 Å². The maximum absolute atomic E-state index is 13.2. The van der Waals surface area contributed by atoms with E-state index in [1.165, 1.54) is 17.8 Å². The molecule has 33 heavy (non-hydrogen) atoms. The van der Waals surface area contributed by atoms with Gasteiger partial charge in [0.05, 0.1) is 25.5 Å². The lowest BCUT2D eigenvalue weighted by Gasteiger charge is -2.26. The number of amidine groups is 1. The highest BCUT2D eigenvalue weighted by Gasteiger charge is 2.30. The molecule has 0 aromatic heterocycles. The van der Waals surface area contributed by atoms with Gasteiger partial charge in [0.2, 0.25) is 0 Å². The van der Waals surface area contributed by atoms with Crippen molar-refractivity contribution in [3.05, 3.63) is 89.5 Å². The number of thioether (sulfide) groups is 1. The summed E-state index contributed by atoms with van der Waals surface area (Å²) in [6, 6.07) is 20.4. The molecule has 0 heterocycles. The first kappa shape index (κ1) is 24.5. The molecular formula is C25H25F3N2O2S. The van der Waals surface area contributed by atoms with Crippen LogP contribution in [0.25, 0.3) is 0 Å². The lowest BCUT2D eigenvalue weighted by molar-refractivity contribution is -0.137. The van der Waals surface area contributed by atoms with Gasteiger partial charge in [-0.1, -0.05) is 42.1 Å². The van der Waals surface area contributed by atoms with Gasteiger partial charge in [-0.2, -0.15) is 13.2 Å². The standard InChI is InChI=1S/C25H25F3N2O2S/c1-31-22-11-7-18(8-12-22)16-30(17-19-9-13-23(32-2)14-10-19)24(33-3)29-21-6-4-5-20(15-21)25(26,27)28/h4-15H,16-17H2,1-3H3. The molecule has 0 bridgehead atoms. The number of hydrogen-bond acceptors (Lipinski definition) is 4. The number of methoxy groups -OCH3 is 2. The van der Waals surface area contributed by atoms with E-state index in [0.29, 0.717) is 18.3 Å². The minimum Gasteiger partial charge on any atom is -0.497 e. The zero-order valence-corrected chi connectivity index (χ0v) is 19.4. The summed E-state index contributed by atoms with van der Waals surface area (Å²) in [5, 5.41) is 0.612. The number of halogens is 3. The topological polar surface area (TPSA) is 34.1 Å². The Kier molecular flexibility index (Phi) is 8.27. The van der Waals surface area contributed by atoms with Gasteiger partial charge in [-0.15, -0.1) is 0 Å². The fourth-order valence-electron chi connectivity index (χ4n) is 3.20. The molecule has 3 rings (SSSR count). The second-order valence-corrected chi connectivity index (χ2v) is 7.97. The predicted molar refractivity (Wildman–Crippen MR) is 127 cm³/mol. The zero-order chi connectivity index (χ0) is 23.8. The first-order chi connectivity index (χ1) is 15.8. The van der Waals surface area contributed by atoms with E-state index in [0.717, 1.165) is 34.8 Å². The van der Waals surface area contributed by atoms with Crippen LogP contribution in [0.4, 0.5) is 18.9 Å². The normalized spacial score (nSPS) is 11.9. The molecule has 0 aliphatic rings. The highest BCUT2D eigenvalue weighted by Crippen LogP contribution is 2.32. The van der Waals surface area contributed by atoms with Crippen molar-refractivity contribution in [3.63, 3.8) is 0 Å². The summed E-state index contributed by atoms with van der Waals surface area (Å²) in [5.41, 5.74) is 1.58. The van der Waals surface area contributed by atoms with Crippen LogP contribution in [0.3, 0.4) is 0 Å². The van der Waals surface area contributed by atoms with Crippen molar-refractivity contribution in [1.29, 1.82) is 0 Å². The highest BCUT2D eigenvalue weighted by molar-refractivity contribution is 8.13. The minimum absolute atomic E-state index is 0.253. The van der Waals surface area contributed by atoms with E-state index in [1.54, 1.807) is 20.3 Å². The quantitative estimate of drug-likeness (QED) is 0.279. The van der Waals surface area contributed by atoms with Gasteiger partial charge < -0.3 is 14.4 Å². The van der Waals surface area contributed by atoms with Gasteiger partial charge in [0, 0.05) is 13.1 Å². The largest absolute Gasteiger partial charge is 0.497 e. The number of alkyl halides is 3. The molecule has 8 heteroatoms. The third-order valence-corrected chi connectivity index (χ3v) is 5.63.